The highest BCUT2D eigenvalue weighted by Gasteiger charge is 2.18. The molecule has 5 N–H and O–H groups in total. The molecular weight excluding hydrogens is 427 g/mol. The molecule has 4 aromatic rings. The van der Waals surface area contributed by atoms with Crippen LogP contribution in [0.1, 0.15) is 11.1 Å². The van der Waals surface area contributed by atoms with Crippen molar-refractivity contribution in [1.29, 1.82) is 0 Å². The number of benzene rings is 1. The molecule has 0 radical (unpaired) electrons. The number of anilines is 1. The third kappa shape index (κ3) is 5.21. The summed E-state index contributed by atoms with van der Waals surface area (Å²) in [5, 5.41) is 5.86. The third-order valence-corrected chi connectivity index (χ3v) is 5.09. The predicted octanol–water partition coefficient (Wildman–Crippen LogP) is 0.829. The number of halogens is 1. The van der Waals surface area contributed by atoms with Crippen LogP contribution in [0.4, 0.5) is 10.2 Å². The summed E-state index contributed by atoms with van der Waals surface area (Å²) in [6.45, 7) is 2.44. The number of hydrogen-bond donors (Lipinski definition) is 4. The first kappa shape index (κ1) is 22.1. The summed E-state index contributed by atoms with van der Waals surface area (Å²) < 4.78 is 15.6. The smallest absolute Gasteiger partial charge is 0.348 e. The normalized spacial score (nSPS) is 11.1. The number of aromatic nitrogens is 5. The van der Waals surface area contributed by atoms with Crippen LogP contribution in [0.15, 0.2) is 47.5 Å². The number of imidazole rings is 1. The summed E-state index contributed by atoms with van der Waals surface area (Å²) in [5.41, 5.74) is 8.57. The standard InChI is InChI=1S/C22H23FN8O2/c23-17-9-16(10-27-11-17)20-28-18-19(24)29-22(33)30-21(18)31(20)12-15-3-1-14(2-4-15)5-6-25-7-8-26-13-32/h1-4,9-11,13,25H,5-8,12H2,(H,26,32)(H3,24,29,30,33). The molecular formula is C22H23FN8O2. The molecule has 0 spiro atoms. The zero-order chi connectivity index (χ0) is 23.2. The second kappa shape index (κ2) is 10.0. The molecule has 0 aliphatic carbocycles. The number of H-pyrrole nitrogens is 1. The maximum Gasteiger partial charge on any atom is 0.348 e. The molecule has 3 heterocycles. The number of nitrogen functional groups attached to an aromatic ring is 1. The van der Waals surface area contributed by atoms with Crippen molar-refractivity contribution in [3.05, 3.63) is 70.2 Å². The van der Waals surface area contributed by atoms with E-state index in [4.69, 9.17) is 5.73 Å². The fourth-order valence-electron chi connectivity index (χ4n) is 3.51. The lowest BCUT2D eigenvalue weighted by molar-refractivity contribution is -0.109. The van der Waals surface area contributed by atoms with Gasteiger partial charge in [0.2, 0.25) is 6.41 Å². The summed E-state index contributed by atoms with van der Waals surface area (Å²) >= 11 is 0. The van der Waals surface area contributed by atoms with E-state index >= 15 is 0 Å². The minimum atomic E-state index is -0.587. The van der Waals surface area contributed by atoms with Crippen LogP contribution in [-0.4, -0.2) is 50.5 Å². The molecule has 10 nitrogen and oxygen atoms in total. The summed E-state index contributed by atoms with van der Waals surface area (Å²) in [6.07, 6.45) is 4.13. The molecule has 1 aromatic carbocycles. The first-order valence-corrected chi connectivity index (χ1v) is 10.4. The fourth-order valence-corrected chi connectivity index (χ4v) is 3.51. The molecule has 0 aliphatic heterocycles. The molecule has 0 atom stereocenters. The van der Waals surface area contributed by atoms with Gasteiger partial charge in [-0.3, -0.25) is 14.8 Å². The SMILES string of the molecule is Nc1[nH]c(=O)nc2c1nc(-c1cncc(F)c1)n2Cc1ccc(CCNCCNC=O)cc1. The van der Waals surface area contributed by atoms with Crippen LogP contribution in [-0.2, 0) is 17.8 Å². The van der Waals surface area contributed by atoms with Gasteiger partial charge in [0, 0.05) is 24.8 Å². The van der Waals surface area contributed by atoms with Gasteiger partial charge in [-0.2, -0.15) is 4.98 Å². The quantitative estimate of drug-likeness (QED) is 0.207. The highest BCUT2D eigenvalue weighted by Crippen LogP contribution is 2.26. The Bertz CT molecular complexity index is 1320. The Balaban J connectivity index is 1.58. The third-order valence-electron chi connectivity index (χ3n) is 5.09. The average Bonchev–Trinajstić information content (AvgIpc) is 3.16. The van der Waals surface area contributed by atoms with Gasteiger partial charge >= 0.3 is 5.69 Å². The minimum absolute atomic E-state index is 0.0977. The number of nitrogens with zero attached hydrogens (tertiary/aromatic N) is 4. The monoisotopic (exact) mass is 450 g/mol. The van der Waals surface area contributed by atoms with Crippen molar-refractivity contribution in [2.75, 3.05) is 25.4 Å². The van der Waals surface area contributed by atoms with Crippen LogP contribution in [0.25, 0.3) is 22.6 Å². The first-order chi connectivity index (χ1) is 16.0. The first-order valence-electron chi connectivity index (χ1n) is 10.4. The number of hydrogen-bond acceptors (Lipinski definition) is 7. The number of carbonyl (C=O) groups excluding carboxylic acids is 1. The van der Waals surface area contributed by atoms with Gasteiger partial charge in [0.25, 0.3) is 0 Å². The number of nitrogens with two attached hydrogens (primary N) is 1. The zero-order valence-electron chi connectivity index (χ0n) is 17.7. The lowest BCUT2D eigenvalue weighted by Crippen LogP contribution is -2.27. The predicted molar refractivity (Wildman–Crippen MR) is 122 cm³/mol. The molecule has 0 aliphatic rings. The van der Waals surface area contributed by atoms with Crippen LogP contribution >= 0.6 is 0 Å². The maximum absolute atomic E-state index is 13.8. The number of nitrogens with one attached hydrogen (secondary N) is 3. The highest BCUT2D eigenvalue weighted by molar-refractivity contribution is 5.85. The molecule has 170 valence electrons. The van der Waals surface area contributed by atoms with E-state index in [0.29, 0.717) is 48.6 Å². The van der Waals surface area contributed by atoms with Gasteiger partial charge in [-0.05, 0) is 30.2 Å². The molecule has 3 aromatic heterocycles. The van der Waals surface area contributed by atoms with Gasteiger partial charge in [-0.1, -0.05) is 24.3 Å². The minimum Gasteiger partial charge on any atom is -0.383 e. The van der Waals surface area contributed by atoms with Gasteiger partial charge in [0.05, 0.1) is 12.7 Å². The van der Waals surface area contributed by atoms with Crippen molar-refractivity contribution in [2.24, 2.45) is 0 Å². The van der Waals surface area contributed by atoms with E-state index in [9.17, 15) is 14.0 Å². The molecule has 33 heavy (non-hydrogen) atoms. The molecule has 0 unspecified atom stereocenters. The zero-order valence-corrected chi connectivity index (χ0v) is 17.7. The van der Waals surface area contributed by atoms with Crippen LogP contribution in [0.2, 0.25) is 0 Å². The van der Waals surface area contributed by atoms with E-state index in [-0.39, 0.29) is 5.82 Å². The second-order valence-corrected chi connectivity index (χ2v) is 7.43. The Morgan fingerprint density at radius 3 is 2.64 bits per heavy atom. The fraction of sp³-hybridized carbons (Fsp3) is 0.227. The van der Waals surface area contributed by atoms with Crippen molar-refractivity contribution in [1.82, 2.24) is 35.1 Å². The van der Waals surface area contributed by atoms with E-state index in [1.54, 1.807) is 4.57 Å². The Hall–Kier alpha value is -4.12. The van der Waals surface area contributed by atoms with Gasteiger partial charge < -0.3 is 20.9 Å². The Labute approximate surface area is 188 Å². The number of pyridine rings is 1. The Morgan fingerprint density at radius 1 is 1.09 bits per heavy atom. The van der Waals surface area contributed by atoms with Crippen molar-refractivity contribution in [3.8, 4) is 11.4 Å². The number of fused-ring (bicyclic) bond motifs is 1. The molecule has 0 bridgehead atoms. The second-order valence-electron chi connectivity index (χ2n) is 7.43. The molecule has 1 amide bonds. The molecule has 0 saturated carbocycles. The molecule has 0 fully saturated rings. The van der Waals surface area contributed by atoms with Crippen molar-refractivity contribution in [2.45, 2.75) is 13.0 Å². The lowest BCUT2D eigenvalue weighted by Gasteiger charge is -2.10. The van der Waals surface area contributed by atoms with Crippen molar-refractivity contribution in [3.63, 3.8) is 0 Å². The maximum atomic E-state index is 13.8. The topological polar surface area (TPSA) is 144 Å². The van der Waals surface area contributed by atoms with Crippen LogP contribution in [0.5, 0.6) is 0 Å². The molecule has 11 heteroatoms. The van der Waals surface area contributed by atoms with Crippen LogP contribution in [0.3, 0.4) is 0 Å². The number of aromatic amines is 1. The van der Waals surface area contributed by atoms with Crippen LogP contribution in [0, 0.1) is 5.82 Å². The molecule has 4 rings (SSSR count). The summed E-state index contributed by atoms with van der Waals surface area (Å²) in [5.74, 6) is 0.0102. The Morgan fingerprint density at radius 2 is 1.88 bits per heavy atom. The van der Waals surface area contributed by atoms with Crippen molar-refractivity contribution < 1.29 is 9.18 Å². The summed E-state index contributed by atoms with van der Waals surface area (Å²) in [6, 6.07) is 9.34. The average molecular weight is 450 g/mol. The number of carbonyl (C=O) groups is 1. The van der Waals surface area contributed by atoms with Crippen molar-refractivity contribution >= 4 is 23.4 Å². The highest BCUT2D eigenvalue weighted by atomic mass is 19.1. The van der Waals surface area contributed by atoms with Gasteiger partial charge in [-0.25, -0.2) is 14.2 Å². The largest absolute Gasteiger partial charge is 0.383 e. The van der Waals surface area contributed by atoms with E-state index < -0.39 is 11.5 Å². The molecule has 0 saturated heterocycles. The van der Waals surface area contributed by atoms with E-state index in [1.165, 1.54) is 12.3 Å². The summed E-state index contributed by atoms with van der Waals surface area (Å²) in [7, 11) is 0. The summed E-state index contributed by atoms with van der Waals surface area (Å²) in [4.78, 5) is 37.1. The van der Waals surface area contributed by atoms with E-state index in [0.717, 1.165) is 30.3 Å². The van der Waals surface area contributed by atoms with E-state index in [2.05, 4.69) is 30.6 Å². The Kier molecular flexibility index (Phi) is 6.69. The van der Waals surface area contributed by atoms with Crippen LogP contribution < -0.4 is 22.1 Å². The lowest BCUT2D eigenvalue weighted by atomic mass is 10.1. The number of rotatable bonds is 10. The van der Waals surface area contributed by atoms with Gasteiger partial charge in [-0.15, -0.1) is 0 Å². The van der Waals surface area contributed by atoms with Gasteiger partial charge in [0.1, 0.15) is 23.0 Å². The van der Waals surface area contributed by atoms with Gasteiger partial charge in [0.15, 0.2) is 5.65 Å². The van der Waals surface area contributed by atoms with E-state index in [1.807, 2.05) is 24.3 Å². The number of amides is 1.